The number of nitrogens with one attached hydrogen (secondary N) is 1. The number of aryl methyl sites for hydroxylation is 2. The second kappa shape index (κ2) is 4.08. The van der Waals surface area contributed by atoms with Crippen molar-refractivity contribution in [2.75, 3.05) is 11.9 Å². The summed E-state index contributed by atoms with van der Waals surface area (Å²) in [6.45, 7) is 6.08. The molecule has 0 fully saturated rings. The largest absolute Gasteiger partial charge is 0.378 e. The van der Waals surface area contributed by atoms with Gasteiger partial charge in [-0.25, -0.2) is 0 Å². The molecule has 1 N–H and O–H groups in total. The zero-order valence-electron chi connectivity index (χ0n) is 8.35. The lowest BCUT2D eigenvalue weighted by Crippen LogP contribution is -2.09. The standard InChI is InChI=1S/C11H15NO/c1-8-4-9(2)6-11(5-8)12-7-10(3)13/h4-6,12H,7H2,1-3H3. The Labute approximate surface area is 79.0 Å². The molecule has 0 aliphatic carbocycles. The summed E-state index contributed by atoms with van der Waals surface area (Å²) in [5.74, 6) is 0.152. The van der Waals surface area contributed by atoms with Crippen molar-refractivity contribution >= 4 is 11.5 Å². The first-order chi connectivity index (χ1) is 6.08. The molecule has 0 bridgehead atoms. The van der Waals surface area contributed by atoms with E-state index in [4.69, 9.17) is 0 Å². The van der Waals surface area contributed by atoms with Crippen molar-refractivity contribution in [3.05, 3.63) is 29.3 Å². The third kappa shape index (κ3) is 3.28. The van der Waals surface area contributed by atoms with Gasteiger partial charge in [-0.1, -0.05) is 6.07 Å². The predicted molar refractivity (Wildman–Crippen MR) is 55.1 cm³/mol. The summed E-state index contributed by atoms with van der Waals surface area (Å²) in [4.78, 5) is 10.7. The van der Waals surface area contributed by atoms with Crippen LogP contribution < -0.4 is 5.32 Å². The van der Waals surface area contributed by atoms with Crippen molar-refractivity contribution in [1.29, 1.82) is 0 Å². The zero-order chi connectivity index (χ0) is 9.84. The maximum absolute atomic E-state index is 10.7. The molecule has 1 aromatic rings. The Hall–Kier alpha value is -1.31. The summed E-state index contributed by atoms with van der Waals surface area (Å²) in [5.41, 5.74) is 3.45. The molecule has 0 radical (unpaired) electrons. The predicted octanol–water partition coefficient (Wildman–Crippen LogP) is 2.30. The van der Waals surface area contributed by atoms with E-state index in [1.165, 1.54) is 11.1 Å². The van der Waals surface area contributed by atoms with Gasteiger partial charge in [0.25, 0.3) is 0 Å². The van der Waals surface area contributed by atoms with Gasteiger partial charge in [0, 0.05) is 5.69 Å². The molecule has 0 spiro atoms. The van der Waals surface area contributed by atoms with E-state index in [0.29, 0.717) is 6.54 Å². The Bertz CT molecular complexity index is 298. The zero-order valence-corrected chi connectivity index (χ0v) is 8.35. The number of hydrogen-bond donors (Lipinski definition) is 1. The number of rotatable bonds is 3. The van der Waals surface area contributed by atoms with Crippen molar-refractivity contribution in [2.24, 2.45) is 0 Å². The van der Waals surface area contributed by atoms with E-state index >= 15 is 0 Å². The normalized spacial score (nSPS) is 9.77. The molecule has 0 saturated carbocycles. The topological polar surface area (TPSA) is 29.1 Å². The molecule has 2 heteroatoms. The summed E-state index contributed by atoms with van der Waals surface area (Å²) in [6.07, 6.45) is 0. The van der Waals surface area contributed by atoms with Crippen LogP contribution in [-0.4, -0.2) is 12.3 Å². The molecule has 0 amide bonds. The highest BCUT2D eigenvalue weighted by atomic mass is 16.1. The highest BCUT2D eigenvalue weighted by Gasteiger charge is 1.96. The van der Waals surface area contributed by atoms with E-state index < -0.39 is 0 Å². The van der Waals surface area contributed by atoms with Gasteiger partial charge in [-0.2, -0.15) is 0 Å². The number of hydrogen-bond acceptors (Lipinski definition) is 2. The molecular weight excluding hydrogens is 162 g/mol. The third-order valence-corrected chi connectivity index (χ3v) is 1.76. The van der Waals surface area contributed by atoms with Gasteiger partial charge >= 0.3 is 0 Å². The number of anilines is 1. The smallest absolute Gasteiger partial charge is 0.148 e. The van der Waals surface area contributed by atoms with E-state index in [-0.39, 0.29) is 5.78 Å². The van der Waals surface area contributed by atoms with Crippen molar-refractivity contribution in [3.63, 3.8) is 0 Å². The highest BCUT2D eigenvalue weighted by Crippen LogP contribution is 2.13. The van der Waals surface area contributed by atoms with Gasteiger partial charge in [-0.15, -0.1) is 0 Å². The molecule has 0 aromatic heterocycles. The highest BCUT2D eigenvalue weighted by molar-refractivity contribution is 5.80. The number of carbonyl (C=O) groups excluding carboxylic acids is 1. The van der Waals surface area contributed by atoms with Gasteiger partial charge in [0.2, 0.25) is 0 Å². The van der Waals surface area contributed by atoms with E-state index in [1.807, 2.05) is 26.0 Å². The van der Waals surface area contributed by atoms with E-state index in [0.717, 1.165) is 5.69 Å². The van der Waals surface area contributed by atoms with Crippen molar-refractivity contribution in [1.82, 2.24) is 0 Å². The minimum absolute atomic E-state index is 0.152. The van der Waals surface area contributed by atoms with Crippen LogP contribution in [0.2, 0.25) is 0 Å². The number of Topliss-reactive ketones (excluding diaryl/α,β-unsaturated/α-hetero) is 1. The van der Waals surface area contributed by atoms with Crippen molar-refractivity contribution in [2.45, 2.75) is 20.8 Å². The number of benzene rings is 1. The molecule has 0 aliphatic rings. The first-order valence-electron chi connectivity index (χ1n) is 4.39. The van der Waals surface area contributed by atoms with Gasteiger partial charge in [-0.05, 0) is 44.0 Å². The van der Waals surface area contributed by atoms with Gasteiger partial charge in [0.1, 0.15) is 5.78 Å². The fourth-order valence-corrected chi connectivity index (χ4v) is 1.30. The van der Waals surface area contributed by atoms with Gasteiger partial charge in [0.15, 0.2) is 0 Å². The minimum atomic E-state index is 0.152. The van der Waals surface area contributed by atoms with Crippen LogP contribution in [0, 0.1) is 13.8 Å². The molecule has 0 saturated heterocycles. The average Bonchev–Trinajstić information content (AvgIpc) is 1.99. The fraction of sp³-hybridized carbons (Fsp3) is 0.364. The van der Waals surface area contributed by atoms with Crippen molar-refractivity contribution < 1.29 is 4.79 Å². The van der Waals surface area contributed by atoms with Gasteiger partial charge in [0.05, 0.1) is 6.54 Å². The van der Waals surface area contributed by atoms with Gasteiger partial charge < -0.3 is 5.32 Å². The lowest BCUT2D eigenvalue weighted by Gasteiger charge is -2.06. The molecule has 1 rings (SSSR count). The first kappa shape index (κ1) is 9.78. The van der Waals surface area contributed by atoms with E-state index in [1.54, 1.807) is 6.92 Å². The summed E-state index contributed by atoms with van der Waals surface area (Å²) in [6, 6.07) is 6.19. The molecular formula is C11H15NO. The summed E-state index contributed by atoms with van der Waals surface area (Å²) >= 11 is 0. The SMILES string of the molecule is CC(=O)CNc1cc(C)cc(C)c1. The Morgan fingerprint density at radius 1 is 1.23 bits per heavy atom. The molecule has 0 heterocycles. The van der Waals surface area contributed by atoms with Crippen LogP contribution in [0.3, 0.4) is 0 Å². The summed E-state index contributed by atoms with van der Waals surface area (Å²) in [5, 5.41) is 3.08. The monoisotopic (exact) mass is 177 g/mol. The van der Waals surface area contributed by atoms with Crippen LogP contribution in [0.25, 0.3) is 0 Å². The molecule has 13 heavy (non-hydrogen) atoms. The summed E-state index contributed by atoms with van der Waals surface area (Å²) < 4.78 is 0. The molecule has 0 aliphatic heterocycles. The number of carbonyl (C=O) groups is 1. The Morgan fingerprint density at radius 3 is 2.23 bits per heavy atom. The van der Waals surface area contributed by atoms with Crippen LogP contribution in [0.15, 0.2) is 18.2 Å². The molecule has 0 unspecified atom stereocenters. The molecule has 1 aromatic carbocycles. The quantitative estimate of drug-likeness (QED) is 0.767. The lowest BCUT2D eigenvalue weighted by atomic mass is 10.1. The van der Waals surface area contributed by atoms with Crippen LogP contribution in [0.5, 0.6) is 0 Å². The average molecular weight is 177 g/mol. The molecule has 2 nitrogen and oxygen atoms in total. The maximum atomic E-state index is 10.7. The summed E-state index contributed by atoms with van der Waals surface area (Å²) in [7, 11) is 0. The minimum Gasteiger partial charge on any atom is -0.378 e. The van der Waals surface area contributed by atoms with Crippen LogP contribution >= 0.6 is 0 Å². The third-order valence-electron chi connectivity index (χ3n) is 1.76. The lowest BCUT2D eigenvalue weighted by molar-refractivity contribution is -0.115. The second-order valence-corrected chi connectivity index (χ2v) is 3.43. The van der Waals surface area contributed by atoms with E-state index in [2.05, 4.69) is 11.4 Å². The second-order valence-electron chi connectivity index (χ2n) is 3.43. The Morgan fingerprint density at radius 2 is 1.77 bits per heavy atom. The van der Waals surface area contributed by atoms with Crippen molar-refractivity contribution in [3.8, 4) is 0 Å². The van der Waals surface area contributed by atoms with Crippen LogP contribution in [-0.2, 0) is 4.79 Å². The molecule has 70 valence electrons. The molecule has 0 atom stereocenters. The first-order valence-corrected chi connectivity index (χ1v) is 4.39. The van der Waals surface area contributed by atoms with E-state index in [9.17, 15) is 4.79 Å². The number of ketones is 1. The fourth-order valence-electron chi connectivity index (χ4n) is 1.30. The van der Waals surface area contributed by atoms with Crippen LogP contribution in [0.1, 0.15) is 18.1 Å². The Balaban J connectivity index is 2.71. The maximum Gasteiger partial charge on any atom is 0.148 e. The van der Waals surface area contributed by atoms with Crippen LogP contribution in [0.4, 0.5) is 5.69 Å². The van der Waals surface area contributed by atoms with Gasteiger partial charge in [-0.3, -0.25) is 4.79 Å². The Kier molecular flexibility index (Phi) is 3.07.